The van der Waals surface area contributed by atoms with E-state index in [4.69, 9.17) is 0 Å². The second-order valence-corrected chi connectivity index (χ2v) is 0.447. The molecule has 5 heavy (non-hydrogen) atoms. The molecule has 1 nitrogen and oxygen atoms in total. The third-order valence-electron chi connectivity index (χ3n) is 0. The van der Waals surface area contributed by atoms with Crippen LogP contribution in [-0.4, -0.2) is 14.1 Å². The number of hydrogen-bond acceptors (Lipinski definition) is 0. The number of nitrogens with zero attached hydrogens (tertiary/aromatic N) is 1. The quantitative estimate of drug-likeness (QED) is 0.619. The topological polar surface area (TPSA) is 14.1 Å². The van der Waals surface area contributed by atoms with E-state index >= 15 is 0 Å². The van der Waals surface area contributed by atoms with Crippen molar-refractivity contribution in [3.05, 3.63) is 5.32 Å². The van der Waals surface area contributed by atoms with E-state index < -0.39 is 0 Å². The van der Waals surface area contributed by atoms with Crippen LogP contribution in [0, 0.1) is 0 Å². The largest absolute Gasteiger partial charge is 0.668 e. The van der Waals surface area contributed by atoms with Gasteiger partial charge in [-0.15, -0.1) is 12.4 Å². The predicted octanol–water partition coefficient (Wildman–Crippen LogP) is 1.04. The minimum Gasteiger partial charge on any atom is -0.668 e. The molecular formula is C2H7ClNTa-. The van der Waals surface area contributed by atoms with Crippen LogP contribution in [0.3, 0.4) is 0 Å². The Morgan fingerprint density at radius 3 is 1.20 bits per heavy atom. The number of hydrogen-bond donors (Lipinski definition) is 0. The molecule has 0 amide bonds. The SMILES string of the molecule is C[N-]C.Cl.[Ta]. The van der Waals surface area contributed by atoms with Gasteiger partial charge in [-0.1, -0.05) is 0 Å². The second kappa shape index (κ2) is 20.1. The Balaban J connectivity index is -0.0000000200. The van der Waals surface area contributed by atoms with E-state index in [0.717, 1.165) is 0 Å². The third-order valence-corrected chi connectivity index (χ3v) is 0. The standard InChI is InChI=1S/C2H6N.ClH.Ta/c1-3-2;;/h1-2H3;1H;/q-1;;. The van der Waals surface area contributed by atoms with E-state index in [2.05, 4.69) is 5.32 Å². The van der Waals surface area contributed by atoms with E-state index in [1.807, 2.05) is 0 Å². The zero-order chi connectivity index (χ0) is 2.71. The van der Waals surface area contributed by atoms with Crippen molar-refractivity contribution in [2.24, 2.45) is 0 Å². The molecule has 0 aliphatic carbocycles. The van der Waals surface area contributed by atoms with E-state index in [0.29, 0.717) is 0 Å². The van der Waals surface area contributed by atoms with Crippen LogP contribution in [0.15, 0.2) is 0 Å². The van der Waals surface area contributed by atoms with Crippen LogP contribution < -0.4 is 0 Å². The van der Waals surface area contributed by atoms with Gasteiger partial charge in [0.25, 0.3) is 0 Å². The normalized spacial score (nSPS) is 3.60. The molecule has 0 N–H and O–H groups in total. The summed E-state index contributed by atoms with van der Waals surface area (Å²) in [6.45, 7) is 0. The number of rotatable bonds is 0. The molecule has 0 aliphatic heterocycles. The van der Waals surface area contributed by atoms with Crippen molar-refractivity contribution < 1.29 is 22.4 Å². The molecule has 0 spiro atoms. The monoisotopic (exact) mass is 261 g/mol. The van der Waals surface area contributed by atoms with E-state index in [-0.39, 0.29) is 34.8 Å². The maximum Gasteiger partial charge on any atom is 0 e. The van der Waals surface area contributed by atoms with Crippen LogP contribution in [0.4, 0.5) is 0 Å². The van der Waals surface area contributed by atoms with Crippen molar-refractivity contribution in [1.82, 2.24) is 0 Å². The van der Waals surface area contributed by atoms with Crippen LogP contribution in [-0.2, 0) is 22.4 Å². The summed E-state index contributed by atoms with van der Waals surface area (Å²) in [5.74, 6) is 0. The van der Waals surface area contributed by atoms with Gasteiger partial charge in [0.1, 0.15) is 0 Å². The van der Waals surface area contributed by atoms with Gasteiger partial charge in [0, 0.05) is 22.4 Å². The molecule has 0 saturated carbocycles. The molecule has 0 aromatic rings. The molecule has 3 heteroatoms. The Hall–Kier alpha value is 0.990. The Morgan fingerprint density at radius 2 is 1.20 bits per heavy atom. The molecule has 0 rings (SSSR count). The summed E-state index contributed by atoms with van der Waals surface area (Å²) in [6.07, 6.45) is 0. The summed E-state index contributed by atoms with van der Waals surface area (Å²) in [4.78, 5) is 0. The number of halogens is 1. The van der Waals surface area contributed by atoms with Crippen molar-refractivity contribution in [3.8, 4) is 0 Å². The van der Waals surface area contributed by atoms with Gasteiger partial charge in [-0.25, -0.2) is 0 Å². The zero-order valence-corrected chi connectivity index (χ0v) is 7.33. The third kappa shape index (κ3) is 45.5. The molecule has 0 heterocycles. The van der Waals surface area contributed by atoms with Gasteiger partial charge >= 0.3 is 0 Å². The summed E-state index contributed by atoms with van der Waals surface area (Å²) >= 11 is 0. The summed E-state index contributed by atoms with van der Waals surface area (Å²) in [7, 11) is 3.50. The zero-order valence-electron chi connectivity index (χ0n) is 3.30. The molecule has 0 bridgehead atoms. The first-order valence-corrected chi connectivity index (χ1v) is 0.894. The fraction of sp³-hybridized carbons (Fsp3) is 1.00. The molecule has 0 aliphatic rings. The first kappa shape index (κ1) is 16.7. The van der Waals surface area contributed by atoms with Gasteiger partial charge < -0.3 is 5.32 Å². The van der Waals surface area contributed by atoms with Crippen molar-refractivity contribution in [3.63, 3.8) is 0 Å². The van der Waals surface area contributed by atoms with E-state index in [1.54, 1.807) is 14.1 Å². The fourth-order valence-corrected chi connectivity index (χ4v) is 0. The minimum absolute atomic E-state index is 0. The Kier molecular flexibility index (Phi) is 66.9. The van der Waals surface area contributed by atoms with Crippen molar-refractivity contribution in [1.29, 1.82) is 0 Å². The van der Waals surface area contributed by atoms with Crippen LogP contribution >= 0.6 is 12.4 Å². The van der Waals surface area contributed by atoms with Gasteiger partial charge in [0.15, 0.2) is 0 Å². The van der Waals surface area contributed by atoms with Gasteiger partial charge in [-0.3, -0.25) is 0 Å². The van der Waals surface area contributed by atoms with Crippen LogP contribution in [0.1, 0.15) is 0 Å². The summed E-state index contributed by atoms with van der Waals surface area (Å²) in [6, 6.07) is 0. The predicted molar refractivity (Wildman–Crippen MR) is 22.5 cm³/mol. The van der Waals surface area contributed by atoms with Gasteiger partial charge in [-0.05, 0) is 0 Å². The first-order chi connectivity index (χ1) is 1.41. The van der Waals surface area contributed by atoms with Gasteiger partial charge in [0.2, 0.25) is 0 Å². The van der Waals surface area contributed by atoms with E-state index in [1.165, 1.54) is 0 Å². The Morgan fingerprint density at radius 1 is 1.20 bits per heavy atom. The summed E-state index contributed by atoms with van der Waals surface area (Å²) in [5.41, 5.74) is 0. The second-order valence-electron chi connectivity index (χ2n) is 0.447. The van der Waals surface area contributed by atoms with E-state index in [9.17, 15) is 0 Å². The smallest absolute Gasteiger partial charge is 0 e. The maximum atomic E-state index is 3.50. The summed E-state index contributed by atoms with van der Waals surface area (Å²) in [5, 5.41) is 3.50. The molecule has 0 aromatic heterocycles. The molecule has 1 radical (unpaired) electrons. The van der Waals surface area contributed by atoms with Gasteiger partial charge in [0.05, 0.1) is 0 Å². The van der Waals surface area contributed by atoms with Crippen molar-refractivity contribution >= 4 is 12.4 Å². The van der Waals surface area contributed by atoms with Crippen LogP contribution in [0.5, 0.6) is 0 Å². The summed E-state index contributed by atoms with van der Waals surface area (Å²) < 4.78 is 0. The van der Waals surface area contributed by atoms with Crippen molar-refractivity contribution in [2.75, 3.05) is 14.1 Å². The molecule has 0 aromatic carbocycles. The first-order valence-electron chi connectivity index (χ1n) is 0.894. The van der Waals surface area contributed by atoms with Crippen LogP contribution in [0.25, 0.3) is 5.32 Å². The Labute approximate surface area is 54.4 Å². The fourth-order valence-electron chi connectivity index (χ4n) is 0. The maximum absolute atomic E-state index is 3.50. The minimum atomic E-state index is 0. The molecule has 0 fully saturated rings. The van der Waals surface area contributed by atoms with Crippen molar-refractivity contribution in [2.45, 2.75) is 0 Å². The molecule has 33 valence electrons. The Bertz CT molecular complexity index is 9.61. The molecule has 0 saturated heterocycles. The average molecular weight is 261 g/mol. The molecular weight excluding hydrogens is 254 g/mol. The molecule has 0 atom stereocenters. The molecule has 0 unspecified atom stereocenters. The average Bonchev–Trinajstić information content (AvgIpc) is 0.918. The van der Waals surface area contributed by atoms with Gasteiger partial charge in [-0.2, -0.15) is 14.1 Å². The van der Waals surface area contributed by atoms with Crippen LogP contribution in [0.2, 0.25) is 0 Å².